The fraction of sp³-hybridized carbons (Fsp3) is 0.400. The molecule has 2 aromatic carbocycles. The van der Waals surface area contributed by atoms with Crippen LogP contribution in [0.3, 0.4) is 0 Å². The van der Waals surface area contributed by atoms with Crippen LogP contribution in [0, 0.1) is 5.82 Å². The lowest BCUT2D eigenvalue weighted by Gasteiger charge is -2.29. The van der Waals surface area contributed by atoms with E-state index in [1.807, 2.05) is 12.1 Å². The Labute approximate surface area is 149 Å². The molecule has 0 saturated carbocycles. The maximum Gasteiger partial charge on any atom is 0.123 e. The van der Waals surface area contributed by atoms with E-state index < -0.39 is 0 Å². The molecule has 1 N–H and O–H groups in total. The van der Waals surface area contributed by atoms with Crippen molar-refractivity contribution in [3.8, 4) is 5.75 Å². The van der Waals surface area contributed by atoms with Crippen molar-refractivity contribution in [1.82, 2.24) is 4.90 Å². The highest BCUT2D eigenvalue weighted by Gasteiger charge is 2.21. The molecule has 0 spiro atoms. The van der Waals surface area contributed by atoms with Gasteiger partial charge in [0.25, 0.3) is 0 Å². The van der Waals surface area contributed by atoms with Crippen molar-refractivity contribution < 1.29 is 9.50 Å². The van der Waals surface area contributed by atoms with Crippen molar-refractivity contribution in [1.29, 1.82) is 0 Å². The summed E-state index contributed by atoms with van der Waals surface area (Å²) in [5.41, 5.74) is 3.72. The van der Waals surface area contributed by atoms with E-state index in [1.54, 1.807) is 18.2 Å². The average molecular weight is 350 g/mol. The second-order valence-electron chi connectivity index (χ2n) is 6.61. The molecule has 3 rings (SSSR count). The van der Waals surface area contributed by atoms with E-state index in [0.29, 0.717) is 11.7 Å². The monoisotopic (exact) mass is 349 g/mol. The van der Waals surface area contributed by atoms with E-state index >= 15 is 0 Å². The first-order chi connectivity index (χ1) is 11.1. The quantitative estimate of drug-likeness (QED) is 0.856. The number of phenols is 1. The molecule has 0 aliphatic heterocycles. The van der Waals surface area contributed by atoms with Gasteiger partial charge < -0.3 is 10.0 Å². The van der Waals surface area contributed by atoms with Gasteiger partial charge in [-0.1, -0.05) is 18.2 Å². The molecule has 0 bridgehead atoms. The third-order valence-electron chi connectivity index (χ3n) is 4.77. The van der Waals surface area contributed by atoms with Crippen LogP contribution in [0.2, 0.25) is 0 Å². The van der Waals surface area contributed by atoms with E-state index in [1.165, 1.54) is 30.0 Å². The summed E-state index contributed by atoms with van der Waals surface area (Å²) in [6, 6.07) is 12.6. The lowest BCUT2D eigenvalue weighted by atomic mass is 9.82. The third kappa shape index (κ3) is 4.71. The summed E-state index contributed by atoms with van der Waals surface area (Å²) in [7, 11) is 2.13. The number of benzene rings is 2. The van der Waals surface area contributed by atoms with Crippen molar-refractivity contribution in [3.63, 3.8) is 0 Å². The third-order valence-corrected chi connectivity index (χ3v) is 4.77. The highest BCUT2D eigenvalue weighted by atomic mass is 35.5. The number of halogens is 2. The molecule has 1 atom stereocenters. The molecular weight excluding hydrogens is 325 g/mol. The summed E-state index contributed by atoms with van der Waals surface area (Å²) in [4.78, 5) is 2.33. The zero-order chi connectivity index (χ0) is 16.2. The van der Waals surface area contributed by atoms with Crippen LogP contribution in [0.15, 0.2) is 42.5 Å². The zero-order valence-electron chi connectivity index (χ0n) is 14.0. The average Bonchev–Trinajstić information content (AvgIpc) is 2.53. The Morgan fingerprint density at radius 1 is 1.21 bits per heavy atom. The molecule has 1 aliphatic rings. The number of aryl methyl sites for hydroxylation is 1. The molecule has 2 aromatic rings. The van der Waals surface area contributed by atoms with Gasteiger partial charge >= 0.3 is 0 Å². The maximum absolute atomic E-state index is 13.2. The van der Waals surface area contributed by atoms with Crippen LogP contribution < -0.4 is 0 Å². The van der Waals surface area contributed by atoms with Gasteiger partial charge in [-0.25, -0.2) is 4.39 Å². The summed E-state index contributed by atoms with van der Waals surface area (Å²) >= 11 is 0. The van der Waals surface area contributed by atoms with E-state index in [9.17, 15) is 9.50 Å². The van der Waals surface area contributed by atoms with E-state index in [0.717, 1.165) is 31.5 Å². The van der Waals surface area contributed by atoms with Gasteiger partial charge in [0, 0.05) is 13.1 Å². The molecule has 0 aromatic heterocycles. The number of hydrogen-bond donors (Lipinski definition) is 1. The van der Waals surface area contributed by atoms with Crippen LogP contribution in [-0.2, 0) is 12.8 Å². The van der Waals surface area contributed by atoms with Gasteiger partial charge in [-0.15, -0.1) is 12.4 Å². The largest absolute Gasteiger partial charge is 0.508 e. The molecule has 0 saturated heterocycles. The fourth-order valence-electron chi connectivity index (χ4n) is 3.57. The Morgan fingerprint density at radius 2 is 2.04 bits per heavy atom. The first-order valence-electron chi connectivity index (χ1n) is 8.36. The summed E-state index contributed by atoms with van der Waals surface area (Å²) in [6.07, 6.45) is 4.30. The first-order valence-corrected chi connectivity index (χ1v) is 8.36. The Hall–Kier alpha value is -1.58. The van der Waals surface area contributed by atoms with Crippen LogP contribution in [-0.4, -0.2) is 30.1 Å². The Bertz CT molecular complexity index is 676. The minimum atomic E-state index is -0.161. The van der Waals surface area contributed by atoms with Crippen LogP contribution in [0.4, 0.5) is 4.39 Å². The molecule has 2 nitrogen and oxygen atoms in total. The predicted molar refractivity (Wildman–Crippen MR) is 98.6 cm³/mol. The van der Waals surface area contributed by atoms with E-state index in [-0.39, 0.29) is 18.2 Å². The maximum atomic E-state index is 13.2. The lowest BCUT2D eigenvalue weighted by molar-refractivity contribution is 0.300. The van der Waals surface area contributed by atoms with Crippen molar-refractivity contribution in [2.45, 2.75) is 31.6 Å². The minimum Gasteiger partial charge on any atom is -0.508 e. The molecule has 1 unspecified atom stereocenters. The van der Waals surface area contributed by atoms with E-state index in [4.69, 9.17) is 0 Å². The van der Waals surface area contributed by atoms with Gasteiger partial charge in [-0.05, 0) is 79.6 Å². The lowest BCUT2D eigenvalue weighted by Crippen LogP contribution is -2.28. The molecular formula is C20H25ClFNO. The summed E-state index contributed by atoms with van der Waals surface area (Å²) < 4.78 is 13.2. The zero-order valence-corrected chi connectivity index (χ0v) is 14.9. The molecule has 0 radical (unpaired) electrons. The molecule has 24 heavy (non-hydrogen) atoms. The van der Waals surface area contributed by atoms with Crippen molar-refractivity contribution >= 4 is 12.4 Å². The number of nitrogens with zero attached hydrogens (tertiary/aromatic N) is 1. The fourth-order valence-corrected chi connectivity index (χ4v) is 3.57. The summed E-state index contributed by atoms with van der Waals surface area (Å²) in [6.45, 7) is 1.93. The van der Waals surface area contributed by atoms with Gasteiger partial charge in [0.15, 0.2) is 0 Å². The SMILES string of the molecule is CN(CCc1cccc(F)c1)CC1CCCc2cc(O)ccc21.Cl. The second kappa shape index (κ2) is 8.50. The number of rotatable bonds is 5. The smallest absolute Gasteiger partial charge is 0.123 e. The summed E-state index contributed by atoms with van der Waals surface area (Å²) in [5, 5.41) is 9.65. The Kier molecular flexibility index (Phi) is 6.64. The van der Waals surface area contributed by atoms with Gasteiger partial charge in [-0.3, -0.25) is 0 Å². The highest BCUT2D eigenvalue weighted by Crippen LogP contribution is 2.33. The number of likely N-dealkylation sites (N-methyl/N-ethyl adjacent to an activating group) is 1. The van der Waals surface area contributed by atoms with Crippen LogP contribution in [0.1, 0.15) is 35.4 Å². The van der Waals surface area contributed by atoms with Crippen molar-refractivity contribution in [3.05, 3.63) is 65.0 Å². The molecule has 1 aliphatic carbocycles. The Balaban J connectivity index is 0.00000208. The van der Waals surface area contributed by atoms with Gasteiger partial charge in [0.1, 0.15) is 11.6 Å². The second-order valence-corrected chi connectivity index (χ2v) is 6.61. The molecule has 130 valence electrons. The topological polar surface area (TPSA) is 23.5 Å². The van der Waals surface area contributed by atoms with Crippen LogP contribution in [0.5, 0.6) is 5.75 Å². The van der Waals surface area contributed by atoms with Crippen LogP contribution in [0.25, 0.3) is 0 Å². The molecule has 0 amide bonds. The van der Waals surface area contributed by atoms with Crippen LogP contribution >= 0.6 is 12.4 Å². The first kappa shape index (κ1) is 18.8. The minimum absolute atomic E-state index is 0. The Morgan fingerprint density at radius 3 is 2.83 bits per heavy atom. The number of hydrogen-bond acceptors (Lipinski definition) is 2. The molecule has 0 heterocycles. The molecule has 4 heteroatoms. The number of aromatic hydroxyl groups is 1. The molecule has 0 fully saturated rings. The number of phenolic OH excluding ortho intramolecular Hbond substituents is 1. The predicted octanol–water partition coefficient (Wildman–Crippen LogP) is 4.55. The highest BCUT2D eigenvalue weighted by molar-refractivity contribution is 5.85. The van der Waals surface area contributed by atoms with Crippen molar-refractivity contribution in [2.24, 2.45) is 0 Å². The van der Waals surface area contributed by atoms with E-state index in [2.05, 4.69) is 18.0 Å². The normalized spacial score (nSPS) is 16.5. The number of fused-ring (bicyclic) bond motifs is 1. The standard InChI is InChI=1S/C20H24FNO.ClH/c1-22(11-10-15-4-2-7-18(21)12-15)14-17-6-3-5-16-13-19(23)8-9-20(16)17;/h2,4,7-9,12-13,17,23H,3,5-6,10-11,14H2,1H3;1H. The van der Waals surface area contributed by atoms with Crippen molar-refractivity contribution in [2.75, 3.05) is 20.1 Å². The van der Waals surface area contributed by atoms with Gasteiger partial charge in [-0.2, -0.15) is 0 Å². The van der Waals surface area contributed by atoms with Gasteiger partial charge in [0.2, 0.25) is 0 Å². The van der Waals surface area contributed by atoms with Gasteiger partial charge in [0.05, 0.1) is 0 Å². The summed E-state index contributed by atoms with van der Waals surface area (Å²) in [5.74, 6) is 0.729.